The van der Waals surface area contributed by atoms with E-state index in [1.807, 2.05) is 26.0 Å². The third-order valence-corrected chi connectivity index (χ3v) is 2.97. The number of nitrogens with two attached hydrogens (primary N) is 1. The molecular formula is C13H16B2N6O. The van der Waals surface area contributed by atoms with Crippen LogP contribution in [0.3, 0.4) is 0 Å². The molecule has 0 aliphatic carbocycles. The first-order valence-corrected chi connectivity index (χ1v) is 6.69. The van der Waals surface area contributed by atoms with Gasteiger partial charge in [0, 0.05) is 24.5 Å². The fourth-order valence-electron chi connectivity index (χ4n) is 1.98. The van der Waals surface area contributed by atoms with Crippen molar-refractivity contribution in [1.82, 2.24) is 9.97 Å². The second kappa shape index (κ2) is 6.75. The smallest absolute Gasteiger partial charge is 0.244 e. The van der Waals surface area contributed by atoms with Crippen LogP contribution in [0.2, 0.25) is 0 Å². The minimum atomic E-state index is -0.106. The maximum Gasteiger partial charge on any atom is 0.244 e. The van der Waals surface area contributed by atoms with E-state index in [0.717, 1.165) is 16.8 Å². The van der Waals surface area contributed by atoms with Crippen molar-refractivity contribution in [3.8, 4) is 0 Å². The highest BCUT2D eigenvalue weighted by atomic mass is 16.1. The zero-order valence-electron chi connectivity index (χ0n) is 12.7. The number of anilines is 4. The largest absolute Gasteiger partial charge is 0.383 e. The second-order valence-electron chi connectivity index (χ2n) is 4.74. The first-order chi connectivity index (χ1) is 10.5. The number of carbonyl (C=O) groups excluding carboxylic acids is 1. The van der Waals surface area contributed by atoms with Crippen molar-refractivity contribution in [2.24, 2.45) is 4.90 Å². The zero-order valence-corrected chi connectivity index (χ0v) is 12.7. The highest BCUT2D eigenvalue weighted by Crippen LogP contribution is 2.20. The summed E-state index contributed by atoms with van der Waals surface area (Å²) in [6, 6.07) is 5.56. The molecule has 22 heavy (non-hydrogen) atoms. The number of benzene rings is 1. The second-order valence-corrected chi connectivity index (χ2v) is 4.74. The molecule has 0 saturated carbocycles. The summed E-state index contributed by atoms with van der Waals surface area (Å²) in [5.74, 6) is 0.828. The van der Waals surface area contributed by atoms with Gasteiger partial charge in [-0.3, -0.25) is 4.79 Å². The van der Waals surface area contributed by atoms with Crippen molar-refractivity contribution < 1.29 is 4.79 Å². The molecule has 0 spiro atoms. The number of carbonyl (C=O) groups is 1. The van der Waals surface area contributed by atoms with Crippen molar-refractivity contribution >= 4 is 56.4 Å². The Morgan fingerprint density at radius 2 is 2.18 bits per heavy atom. The molecule has 1 amide bonds. The van der Waals surface area contributed by atoms with Gasteiger partial charge in [0.2, 0.25) is 13.9 Å². The molecule has 2 rings (SSSR count). The van der Waals surface area contributed by atoms with Crippen molar-refractivity contribution in [3.63, 3.8) is 0 Å². The summed E-state index contributed by atoms with van der Waals surface area (Å²) in [5.41, 5.74) is 9.05. The normalized spacial score (nSPS) is 10.6. The van der Waals surface area contributed by atoms with E-state index in [0.29, 0.717) is 17.2 Å². The third kappa shape index (κ3) is 3.63. The monoisotopic (exact) mass is 294 g/mol. The maximum atomic E-state index is 11.1. The average Bonchev–Trinajstić information content (AvgIpc) is 2.45. The lowest BCUT2D eigenvalue weighted by atomic mass is 9.93. The Bertz CT molecular complexity index is 734. The summed E-state index contributed by atoms with van der Waals surface area (Å²) in [4.78, 5) is 23.2. The van der Waals surface area contributed by atoms with Crippen LogP contribution in [-0.4, -0.2) is 37.9 Å². The predicted octanol–water partition coefficient (Wildman–Crippen LogP) is -1.01. The fraction of sp³-hybridized carbons (Fsp3) is 0.0769. The van der Waals surface area contributed by atoms with Gasteiger partial charge in [0.15, 0.2) is 0 Å². The van der Waals surface area contributed by atoms with Crippen LogP contribution < -0.4 is 21.8 Å². The van der Waals surface area contributed by atoms with E-state index in [1.54, 1.807) is 14.2 Å². The molecule has 9 heteroatoms. The number of hydrogen-bond donors (Lipinski definition) is 3. The quantitative estimate of drug-likeness (QED) is 0.495. The number of aromatic nitrogens is 2. The molecule has 0 unspecified atom stereocenters. The first-order valence-electron chi connectivity index (χ1n) is 6.69. The summed E-state index contributed by atoms with van der Waals surface area (Å²) in [6.07, 6.45) is 3.00. The molecule has 1 heterocycles. The molecule has 110 valence electrons. The van der Waals surface area contributed by atoms with Gasteiger partial charge in [-0.2, -0.15) is 0 Å². The number of nitrogens with zero attached hydrogens (tertiary/aromatic N) is 3. The van der Waals surface area contributed by atoms with E-state index in [9.17, 15) is 4.79 Å². The van der Waals surface area contributed by atoms with E-state index in [1.165, 1.54) is 13.3 Å². The molecule has 0 saturated heterocycles. The number of rotatable bonds is 4. The Labute approximate surface area is 130 Å². The molecular weight excluding hydrogens is 278 g/mol. The van der Waals surface area contributed by atoms with E-state index < -0.39 is 0 Å². The molecule has 0 radical (unpaired) electrons. The molecule has 0 atom stereocenters. The summed E-state index contributed by atoms with van der Waals surface area (Å²) in [6.45, 7) is 1.47. The lowest BCUT2D eigenvalue weighted by molar-refractivity contribution is -0.114. The van der Waals surface area contributed by atoms with Crippen molar-refractivity contribution in [3.05, 3.63) is 30.1 Å². The van der Waals surface area contributed by atoms with Gasteiger partial charge in [0.05, 0.1) is 5.56 Å². The highest BCUT2D eigenvalue weighted by molar-refractivity contribution is 6.36. The van der Waals surface area contributed by atoms with Gasteiger partial charge in [-0.05, 0) is 18.2 Å². The lowest BCUT2D eigenvalue weighted by Crippen LogP contribution is -2.14. The third-order valence-electron chi connectivity index (χ3n) is 2.97. The average molecular weight is 294 g/mol. The van der Waals surface area contributed by atoms with Gasteiger partial charge in [-0.15, -0.1) is 0 Å². The fourth-order valence-corrected chi connectivity index (χ4v) is 1.98. The van der Waals surface area contributed by atoms with Gasteiger partial charge < -0.3 is 21.3 Å². The van der Waals surface area contributed by atoms with E-state index >= 15 is 0 Å². The highest BCUT2D eigenvalue weighted by Gasteiger charge is 2.09. The Morgan fingerprint density at radius 1 is 1.41 bits per heavy atom. The molecule has 1 aromatic heterocycles. The van der Waals surface area contributed by atoms with Crippen LogP contribution in [0.4, 0.5) is 23.0 Å². The van der Waals surface area contributed by atoms with E-state index in [2.05, 4.69) is 25.5 Å². The first kappa shape index (κ1) is 15.6. The van der Waals surface area contributed by atoms with Crippen LogP contribution in [-0.2, 0) is 4.79 Å². The minimum absolute atomic E-state index is 0.106. The lowest BCUT2D eigenvalue weighted by Gasteiger charge is -2.13. The topological polar surface area (TPSA) is 105 Å². The van der Waals surface area contributed by atoms with Crippen LogP contribution in [0, 0.1) is 0 Å². The summed E-state index contributed by atoms with van der Waals surface area (Å²) < 4.78 is 0. The predicted molar refractivity (Wildman–Crippen MR) is 94.8 cm³/mol. The van der Waals surface area contributed by atoms with Crippen molar-refractivity contribution in [1.29, 1.82) is 0 Å². The summed E-state index contributed by atoms with van der Waals surface area (Å²) >= 11 is 0. The van der Waals surface area contributed by atoms with Crippen molar-refractivity contribution in [2.45, 2.75) is 6.92 Å². The van der Waals surface area contributed by atoms with Gasteiger partial charge in [-0.25, -0.2) is 9.97 Å². The summed E-state index contributed by atoms with van der Waals surface area (Å²) in [5, 5.41) is 5.96. The van der Waals surface area contributed by atoms with Crippen LogP contribution in [0.15, 0.2) is 29.4 Å². The van der Waals surface area contributed by atoms with Gasteiger partial charge in [-0.1, -0.05) is 5.46 Å². The van der Waals surface area contributed by atoms with Crippen LogP contribution >= 0.6 is 0 Å². The molecule has 7 nitrogen and oxygen atoms in total. The molecule has 0 fully saturated rings. The standard InChI is InChI=1S/C13H16B2N6O/c1-7(22)20-8-2-3-11(10(14)4-8)21-13-9(5-19-15)12(16)17-6-18-13/h2-6H,14-15H2,1H3,(H,20,22)(H3,16,17,18,21)/b19-5+. The van der Waals surface area contributed by atoms with E-state index in [-0.39, 0.29) is 5.91 Å². The van der Waals surface area contributed by atoms with Crippen LogP contribution in [0.5, 0.6) is 0 Å². The zero-order chi connectivity index (χ0) is 16.1. The van der Waals surface area contributed by atoms with Crippen molar-refractivity contribution in [2.75, 3.05) is 16.4 Å². The Balaban J connectivity index is 2.32. The number of nitrogens with one attached hydrogen (secondary N) is 2. The SMILES string of the molecule is B/N=C/c1c(N)ncnc1Nc1ccc(NC(C)=O)cc1B. The number of hydrogen-bond acceptors (Lipinski definition) is 6. The molecule has 0 aliphatic rings. The van der Waals surface area contributed by atoms with Gasteiger partial charge >= 0.3 is 0 Å². The van der Waals surface area contributed by atoms with Crippen LogP contribution in [0.25, 0.3) is 0 Å². The molecule has 0 bridgehead atoms. The molecule has 0 aliphatic heterocycles. The molecule has 1 aromatic carbocycles. The van der Waals surface area contributed by atoms with E-state index in [4.69, 9.17) is 5.73 Å². The van der Waals surface area contributed by atoms with Gasteiger partial charge in [0.1, 0.15) is 25.8 Å². The number of amides is 1. The molecule has 2 aromatic rings. The maximum absolute atomic E-state index is 11.1. The molecule has 4 N–H and O–H groups in total. The Hall–Kier alpha value is -2.83. The Morgan fingerprint density at radius 3 is 2.82 bits per heavy atom. The number of nitrogen functional groups attached to an aromatic ring is 1. The minimum Gasteiger partial charge on any atom is -0.383 e. The summed E-state index contributed by atoms with van der Waals surface area (Å²) in [7, 11) is 3.59. The Kier molecular flexibility index (Phi) is 4.77. The van der Waals surface area contributed by atoms with Crippen LogP contribution in [0.1, 0.15) is 12.5 Å². The van der Waals surface area contributed by atoms with Gasteiger partial charge in [0.25, 0.3) is 0 Å².